The SMILES string of the molecule is Cc1cccc(C(CO)COCC2CC2)c1. The van der Waals surface area contributed by atoms with Crippen LogP contribution in [0.5, 0.6) is 0 Å². The lowest BCUT2D eigenvalue weighted by Crippen LogP contribution is -2.13. The predicted octanol–water partition coefficient (Wildman–Crippen LogP) is 2.50. The maximum Gasteiger partial charge on any atom is 0.0556 e. The molecule has 0 radical (unpaired) electrons. The van der Waals surface area contributed by atoms with Gasteiger partial charge in [0.1, 0.15) is 0 Å². The van der Waals surface area contributed by atoms with Crippen LogP contribution in [0.2, 0.25) is 0 Å². The minimum absolute atomic E-state index is 0.124. The second-order valence-electron chi connectivity index (χ2n) is 4.77. The number of hydrogen-bond donors (Lipinski definition) is 1. The number of rotatable bonds is 6. The van der Waals surface area contributed by atoms with E-state index in [1.165, 1.54) is 24.0 Å². The fraction of sp³-hybridized carbons (Fsp3) is 0.571. The molecule has 0 saturated heterocycles. The van der Waals surface area contributed by atoms with Crippen LogP contribution in [-0.2, 0) is 4.74 Å². The van der Waals surface area contributed by atoms with Crippen molar-refractivity contribution in [2.45, 2.75) is 25.7 Å². The Morgan fingerprint density at radius 1 is 1.44 bits per heavy atom. The number of aryl methyl sites for hydroxylation is 1. The van der Waals surface area contributed by atoms with Gasteiger partial charge in [-0.15, -0.1) is 0 Å². The number of aliphatic hydroxyl groups is 1. The molecule has 0 amide bonds. The van der Waals surface area contributed by atoms with Crippen molar-refractivity contribution in [2.75, 3.05) is 19.8 Å². The van der Waals surface area contributed by atoms with Crippen molar-refractivity contribution in [3.8, 4) is 0 Å². The molecule has 1 atom stereocenters. The van der Waals surface area contributed by atoms with Crippen LogP contribution >= 0.6 is 0 Å². The number of benzene rings is 1. The van der Waals surface area contributed by atoms with E-state index in [0.717, 1.165) is 12.5 Å². The molecule has 88 valence electrons. The molecule has 2 nitrogen and oxygen atoms in total. The minimum atomic E-state index is 0.124. The summed E-state index contributed by atoms with van der Waals surface area (Å²) in [7, 11) is 0. The van der Waals surface area contributed by atoms with Gasteiger partial charge >= 0.3 is 0 Å². The van der Waals surface area contributed by atoms with Crippen LogP contribution in [-0.4, -0.2) is 24.9 Å². The summed E-state index contributed by atoms with van der Waals surface area (Å²) < 4.78 is 5.64. The first-order valence-corrected chi connectivity index (χ1v) is 6.04. The Hall–Kier alpha value is -0.860. The van der Waals surface area contributed by atoms with E-state index in [1.54, 1.807) is 0 Å². The summed E-state index contributed by atoms with van der Waals surface area (Å²) in [6, 6.07) is 8.30. The van der Waals surface area contributed by atoms with Gasteiger partial charge in [0.25, 0.3) is 0 Å². The average Bonchev–Trinajstić information content (AvgIpc) is 3.08. The topological polar surface area (TPSA) is 29.5 Å². The van der Waals surface area contributed by atoms with Crippen LogP contribution in [0, 0.1) is 12.8 Å². The number of hydrogen-bond acceptors (Lipinski definition) is 2. The molecule has 0 spiro atoms. The Labute approximate surface area is 97.3 Å². The van der Waals surface area contributed by atoms with Crippen molar-refractivity contribution in [1.29, 1.82) is 0 Å². The first-order chi connectivity index (χ1) is 7.79. The molecule has 16 heavy (non-hydrogen) atoms. The smallest absolute Gasteiger partial charge is 0.0556 e. The first kappa shape index (κ1) is 11.6. The fourth-order valence-corrected chi connectivity index (χ4v) is 1.84. The van der Waals surface area contributed by atoms with E-state index in [-0.39, 0.29) is 12.5 Å². The maximum absolute atomic E-state index is 9.37. The van der Waals surface area contributed by atoms with Gasteiger partial charge in [0, 0.05) is 12.5 Å². The molecule has 2 heteroatoms. The van der Waals surface area contributed by atoms with Crippen molar-refractivity contribution < 1.29 is 9.84 Å². The van der Waals surface area contributed by atoms with E-state index in [1.807, 2.05) is 6.07 Å². The van der Waals surface area contributed by atoms with Crippen LogP contribution in [0.15, 0.2) is 24.3 Å². The molecule has 1 fully saturated rings. The van der Waals surface area contributed by atoms with Gasteiger partial charge in [-0.3, -0.25) is 0 Å². The zero-order valence-electron chi connectivity index (χ0n) is 9.86. The quantitative estimate of drug-likeness (QED) is 0.798. The monoisotopic (exact) mass is 220 g/mol. The summed E-state index contributed by atoms with van der Waals surface area (Å²) in [6.45, 7) is 3.73. The summed E-state index contributed by atoms with van der Waals surface area (Å²) in [5, 5.41) is 9.37. The molecule has 1 saturated carbocycles. The molecular formula is C14H20O2. The first-order valence-electron chi connectivity index (χ1n) is 6.04. The van der Waals surface area contributed by atoms with Crippen LogP contribution < -0.4 is 0 Å². The molecule has 0 bridgehead atoms. The predicted molar refractivity (Wildman–Crippen MR) is 64.5 cm³/mol. The van der Waals surface area contributed by atoms with Crippen molar-refractivity contribution >= 4 is 0 Å². The Balaban J connectivity index is 1.87. The Morgan fingerprint density at radius 3 is 2.88 bits per heavy atom. The van der Waals surface area contributed by atoms with Crippen LogP contribution in [0.25, 0.3) is 0 Å². The Morgan fingerprint density at radius 2 is 2.25 bits per heavy atom. The van der Waals surface area contributed by atoms with E-state index >= 15 is 0 Å². The molecule has 0 aromatic heterocycles. The van der Waals surface area contributed by atoms with E-state index in [9.17, 15) is 5.11 Å². The van der Waals surface area contributed by atoms with Gasteiger partial charge in [0.05, 0.1) is 13.2 Å². The van der Waals surface area contributed by atoms with E-state index in [2.05, 4.69) is 25.1 Å². The lowest BCUT2D eigenvalue weighted by molar-refractivity contribution is 0.0920. The van der Waals surface area contributed by atoms with Gasteiger partial charge in [-0.2, -0.15) is 0 Å². The molecule has 1 aliphatic rings. The number of ether oxygens (including phenoxy) is 1. The van der Waals surface area contributed by atoms with Crippen molar-refractivity contribution in [2.24, 2.45) is 5.92 Å². The normalized spacial score (nSPS) is 17.4. The molecule has 0 aliphatic heterocycles. The lowest BCUT2D eigenvalue weighted by Gasteiger charge is -2.15. The highest BCUT2D eigenvalue weighted by Gasteiger charge is 2.22. The second kappa shape index (κ2) is 5.46. The fourth-order valence-electron chi connectivity index (χ4n) is 1.84. The Kier molecular flexibility index (Phi) is 3.97. The summed E-state index contributed by atoms with van der Waals surface area (Å²) in [4.78, 5) is 0. The molecule has 1 unspecified atom stereocenters. The Bertz CT molecular complexity index is 331. The third-order valence-corrected chi connectivity index (χ3v) is 3.10. The largest absolute Gasteiger partial charge is 0.396 e. The van der Waals surface area contributed by atoms with Gasteiger partial charge in [-0.05, 0) is 31.2 Å². The zero-order valence-corrected chi connectivity index (χ0v) is 9.86. The summed E-state index contributed by atoms with van der Waals surface area (Å²) >= 11 is 0. The van der Waals surface area contributed by atoms with Gasteiger partial charge in [-0.1, -0.05) is 29.8 Å². The van der Waals surface area contributed by atoms with Crippen LogP contribution in [0.4, 0.5) is 0 Å². The summed E-state index contributed by atoms with van der Waals surface area (Å²) in [5.74, 6) is 0.913. The van der Waals surface area contributed by atoms with Crippen molar-refractivity contribution in [3.63, 3.8) is 0 Å². The van der Waals surface area contributed by atoms with Crippen molar-refractivity contribution in [3.05, 3.63) is 35.4 Å². The molecule has 1 aromatic carbocycles. The highest BCUT2D eigenvalue weighted by atomic mass is 16.5. The van der Waals surface area contributed by atoms with Crippen LogP contribution in [0.1, 0.15) is 29.9 Å². The van der Waals surface area contributed by atoms with E-state index < -0.39 is 0 Å². The molecule has 2 rings (SSSR count). The highest BCUT2D eigenvalue weighted by Crippen LogP contribution is 2.29. The maximum atomic E-state index is 9.37. The summed E-state index contributed by atoms with van der Waals surface area (Å²) in [5.41, 5.74) is 2.41. The van der Waals surface area contributed by atoms with Gasteiger partial charge in [-0.25, -0.2) is 0 Å². The molecule has 1 aromatic rings. The molecule has 1 N–H and O–H groups in total. The minimum Gasteiger partial charge on any atom is -0.396 e. The van der Waals surface area contributed by atoms with E-state index in [0.29, 0.717) is 6.61 Å². The molecular weight excluding hydrogens is 200 g/mol. The molecule has 0 heterocycles. The van der Waals surface area contributed by atoms with Crippen LogP contribution in [0.3, 0.4) is 0 Å². The van der Waals surface area contributed by atoms with E-state index in [4.69, 9.17) is 4.74 Å². The highest BCUT2D eigenvalue weighted by molar-refractivity contribution is 5.25. The zero-order chi connectivity index (χ0) is 11.4. The summed E-state index contributed by atoms with van der Waals surface area (Å²) in [6.07, 6.45) is 2.63. The average molecular weight is 220 g/mol. The third-order valence-electron chi connectivity index (χ3n) is 3.10. The molecule has 1 aliphatic carbocycles. The van der Waals surface area contributed by atoms with Gasteiger partial charge in [0.15, 0.2) is 0 Å². The van der Waals surface area contributed by atoms with Gasteiger partial charge < -0.3 is 9.84 Å². The third kappa shape index (κ3) is 3.32. The number of aliphatic hydroxyl groups excluding tert-OH is 1. The second-order valence-corrected chi connectivity index (χ2v) is 4.77. The lowest BCUT2D eigenvalue weighted by atomic mass is 9.99. The van der Waals surface area contributed by atoms with Gasteiger partial charge in [0.2, 0.25) is 0 Å². The van der Waals surface area contributed by atoms with Crippen molar-refractivity contribution in [1.82, 2.24) is 0 Å². The standard InChI is InChI=1S/C14H20O2/c1-11-3-2-4-13(7-11)14(8-15)10-16-9-12-5-6-12/h2-4,7,12,14-15H,5-6,8-10H2,1H3.